The molecule has 0 amide bonds. The zero-order valence-corrected chi connectivity index (χ0v) is 8.95. The molecule has 1 N–H and O–H groups in total. The summed E-state index contributed by atoms with van der Waals surface area (Å²) in [5, 5.41) is 9.01. The number of hydrogen-bond acceptors (Lipinski definition) is 2. The highest BCUT2D eigenvalue weighted by Gasteiger charge is 2.28. The van der Waals surface area contributed by atoms with Crippen molar-refractivity contribution in [2.45, 2.75) is 12.3 Å². The molecule has 1 aromatic carbocycles. The number of fused-ring (bicyclic) bond motifs is 1. The van der Waals surface area contributed by atoms with Crippen molar-refractivity contribution in [2.24, 2.45) is 0 Å². The maximum Gasteiger partial charge on any atom is 0.311 e. The Morgan fingerprint density at radius 2 is 2.36 bits per heavy atom. The summed E-state index contributed by atoms with van der Waals surface area (Å²) in [5.41, 5.74) is 0.762. The summed E-state index contributed by atoms with van der Waals surface area (Å²) in [6.07, 6.45) is 0.540. The van der Waals surface area contributed by atoms with Crippen LogP contribution >= 0.6 is 15.9 Å². The third-order valence-corrected chi connectivity index (χ3v) is 2.95. The number of hydrogen-bond donors (Lipinski definition) is 1. The number of aliphatic carboxylic acids is 1. The van der Waals surface area contributed by atoms with Gasteiger partial charge < -0.3 is 9.84 Å². The van der Waals surface area contributed by atoms with Gasteiger partial charge in [-0.25, -0.2) is 0 Å². The Morgan fingerprint density at radius 1 is 1.57 bits per heavy atom. The van der Waals surface area contributed by atoms with Gasteiger partial charge in [0.05, 0.1) is 17.0 Å². The fourth-order valence-electron chi connectivity index (χ4n) is 1.64. The van der Waals surface area contributed by atoms with Gasteiger partial charge in [-0.3, -0.25) is 4.79 Å². The minimum Gasteiger partial charge on any atom is -0.492 e. The smallest absolute Gasteiger partial charge is 0.311 e. The average molecular weight is 257 g/mol. The van der Waals surface area contributed by atoms with Crippen LogP contribution in [0.15, 0.2) is 22.7 Å². The van der Waals surface area contributed by atoms with Crippen LogP contribution in [-0.4, -0.2) is 17.7 Å². The zero-order valence-electron chi connectivity index (χ0n) is 7.37. The number of rotatable bonds is 1. The lowest BCUT2D eigenvalue weighted by atomic mass is 9.93. The quantitative estimate of drug-likeness (QED) is 0.840. The predicted octanol–water partition coefficient (Wildman–Crippen LogP) is 2.40. The number of benzene rings is 1. The van der Waals surface area contributed by atoms with Gasteiger partial charge in [0.2, 0.25) is 0 Å². The number of ether oxygens (including phenoxy) is 1. The summed E-state index contributed by atoms with van der Waals surface area (Å²) < 4.78 is 6.24. The van der Waals surface area contributed by atoms with Gasteiger partial charge in [-0.05, 0) is 28.4 Å². The highest BCUT2D eigenvalue weighted by atomic mass is 79.9. The van der Waals surface area contributed by atoms with Crippen molar-refractivity contribution in [3.8, 4) is 5.75 Å². The zero-order chi connectivity index (χ0) is 10.1. The minimum absolute atomic E-state index is 0.434. The third-order valence-electron chi connectivity index (χ3n) is 2.32. The van der Waals surface area contributed by atoms with E-state index in [1.165, 1.54) is 0 Å². The maximum atomic E-state index is 11.0. The van der Waals surface area contributed by atoms with E-state index >= 15 is 0 Å². The Hall–Kier alpha value is -1.03. The fourth-order valence-corrected chi connectivity index (χ4v) is 2.14. The summed E-state index contributed by atoms with van der Waals surface area (Å²) in [4.78, 5) is 11.0. The van der Waals surface area contributed by atoms with Gasteiger partial charge in [0.15, 0.2) is 0 Å². The molecule has 1 unspecified atom stereocenters. The van der Waals surface area contributed by atoms with Crippen molar-refractivity contribution >= 4 is 21.9 Å². The second-order valence-corrected chi connectivity index (χ2v) is 4.04. The van der Waals surface area contributed by atoms with Gasteiger partial charge in [0.25, 0.3) is 0 Å². The summed E-state index contributed by atoms with van der Waals surface area (Å²) in [7, 11) is 0. The number of carbonyl (C=O) groups is 1. The SMILES string of the molecule is O=C(O)C1CCOc2c(Br)cccc21. The third kappa shape index (κ3) is 1.50. The van der Waals surface area contributed by atoms with E-state index in [1.54, 1.807) is 6.07 Å². The molecule has 3 nitrogen and oxygen atoms in total. The Morgan fingerprint density at radius 3 is 3.07 bits per heavy atom. The molecule has 2 rings (SSSR count). The first-order valence-corrected chi connectivity index (χ1v) is 5.13. The Kier molecular flexibility index (Phi) is 2.46. The summed E-state index contributed by atoms with van der Waals surface area (Å²) in [5.74, 6) is -0.546. The van der Waals surface area contributed by atoms with Crippen molar-refractivity contribution in [1.82, 2.24) is 0 Å². The lowest BCUT2D eigenvalue weighted by Gasteiger charge is -2.23. The van der Waals surface area contributed by atoms with Crippen LogP contribution < -0.4 is 4.74 Å². The number of carboxylic acid groups (broad SMARTS) is 1. The Labute approximate surface area is 89.8 Å². The molecule has 1 atom stereocenters. The van der Waals surface area contributed by atoms with Gasteiger partial charge in [-0.1, -0.05) is 12.1 Å². The summed E-state index contributed by atoms with van der Waals surface area (Å²) >= 11 is 3.34. The lowest BCUT2D eigenvalue weighted by molar-refractivity contribution is -0.139. The molecule has 14 heavy (non-hydrogen) atoms. The Balaban J connectivity index is 2.49. The van der Waals surface area contributed by atoms with E-state index in [0.717, 1.165) is 10.0 Å². The molecule has 0 saturated heterocycles. The van der Waals surface area contributed by atoms with E-state index < -0.39 is 11.9 Å². The van der Waals surface area contributed by atoms with Crippen LogP contribution in [0.1, 0.15) is 17.9 Å². The molecule has 0 spiro atoms. The van der Waals surface area contributed by atoms with Crippen LogP contribution in [0.5, 0.6) is 5.75 Å². The van der Waals surface area contributed by atoms with Gasteiger partial charge in [0.1, 0.15) is 5.75 Å². The molecule has 0 fully saturated rings. The van der Waals surface area contributed by atoms with E-state index in [1.807, 2.05) is 12.1 Å². The van der Waals surface area contributed by atoms with Crippen LogP contribution in [0.3, 0.4) is 0 Å². The minimum atomic E-state index is -0.785. The van der Waals surface area contributed by atoms with E-state index in [0.29, 0.717) is 18.8 Å². The monoisotopic (exact) mass is 256 g/mol. The van der Waals surface area contributed by atoms with Crippen molar-refractivity contribution < 1.29 is 14.6 Å². The molecule has 0 radical (unpaired) electrons. The van der Waals surface area contributed by atoms with Crippen molar-refractivity contribution in [2.75, 3.05) is 6.61 Å². The normalized spacial score (nSPS) is 19.6. The van der Waals surface area contributed by atoms with E-state index in [9.17, 15) is 4.79 Å². The Bertz CT molecular complexity index is 376. The molecule has 1 aliphatic heterocycles. The first kappa shape index (κ1) is 9.52. The topological polar surface area (TPSA) is 46.5 Å². The van der Waals surface area contributed by atoms with Gasteiger partial charge in [-0.2, -0.15) is 0 Å². The van der Waals surface area contributed by atoms with Crippen LogP contribution in [0.4, 0.5) is 0 Å². The van der Waals surface area contributed by atoms with Crippen LogP contribution in [0, 0.1) is 0 Å². The molecule has 1 heterocycles. The molecule has 1 aliphatic rings. The van der Waals surface area contributed by atoms with Crippen molar-refractivity contribution in [3.63, 3.8) is 0 Å². The molecule has 4 heteroatoms. The fraction of sp³-hybridized carbons (Fsp3) is 0.300. The molecule has 0 saturated carbocycles. The number of para-hydroxylation sites is 1. The molecular weight excluding hydrogens is 248 g/mol. The lowest BCUT2D eigenvalue weighted by Crippen LogP contribution is -2.20. The van der Waals surface area contributed by atoms with Gasteiger partial charge >= 0.3 is 5.97 Å². The first-order chi connectivity index (χ1) is 6.70. The van der Waals surface area contributed by atoms with E-state index in [-0.39, 0.29) is 0 Å². The maximum absolute atomic E-state index is 11.0. The molecule has 0 bridgehead atoms. The van der Waals surface area contributed by atoms with E-state index in [2.05, 4.69) is 15.9 Å². The second-order valence-electron chi connectivity index (χ2n) is 3.19. The van der Waals surface area contributed by atoms with Gasteiger partial charge in [-0.15, -0.1) is 0 Å². The van der Waals surface area contributed by atoms with Crippen molar-refractivity contribution in [1.29, 1.82) is 0 Å². The largest absolute Gasteiger partial charge is 0.492 e. The van der Waals surface area contributed by atoms with E-state index in [4.69, 9.17) is 9.84 Å². The number of carboxylic acids is 1. The summed E-state index contributed by atoms with van der Waals surface area (Å²) in [6.45, 7) is 0.465. The number of halogens is 1. The van der Waals surface area contributed by atoms with Crippen LogP contribution in [0.25, 0.3) is 0 Å². The molecule has 0 aromatic heterocycles. The van der Waals surface area contributed by atoms with Crippen molar-refractivity contribution in [3.05, 3.63) is 28.2 Å². The summed E-state index contributed by atoms with van der Waals surface area (Å²) in [6, 6.07) is 5.48. The van der Waals surface area contributed by atoms with Crippen LogP contribution in [0.2, 0.25) is 0 Å². The predicted molar refractivity (Wildman–Crippen MR) is 54.6 cm³/mol. The molecule has 1 aromatic rings. The first-order valence-electron chi connectivity index (χ1n) is 4.34. The van der Waals surface area contributed by atoms with Crippen LogP contribution in [-0.2, 0) is 4.79 Å². The highest BCUT2D eigenvalue weighted by molar-refractivity contribution is 9.10. The average Bonchev–Trinajstić information content (AvgIpc) is 2.17. The molecule has 0 aliphatic carbocycles. The standard InChI is InChI=1S/C10H9BrO3/c11-8-3-1-2-6-7(10(12)13)4-5-14-9(6)8/h1-3,7H,4-5H2,(H,12,13). The highest BCUT2D eigenvalue weighted by Crippen LogP contribution is 2.38. The second kappa shape index (κ2) is 3.61. The molecule has 74 valence electrons. The van der Waals surface area contributed by atoms with Gasteiger partial charge in [0, 0.05) is 5.56 Å². The molecular formula is C10H9BrO3.